The third-order valence-corrected chi connectivity index (χ3v) is 8.75. The summed E-state index contributed by atoms with van der Waals surface area (Å²) in [4.78, 5) is 41.6. The number of H-pyrrole nitrogens is 1. The summed E-state index contributed by atoms with van der Waals surface area (Å²) < 4.78 is 58.4. The van der Waals surface area contributed by atoms with Crippen LogP contribution < -0.4 is 26.1 Å². The average Bonchev–Trinajstić information content (AvgIpc) is 3.41. The molecule has 6 N–H and O–H groups in total. The van der Waals surface area contributed by atoms with Crippen LogP contribution in [-0.2, 0) is 21.4 Å². The van der Waals surface area contributed by atoms with Crippen LogP contribution in [0.25, 0.3) is 10.9 Å². The first-order chi connectivity index (χ1) is 19.7. The lowest BCUT2D eigenvalue weighted by Crippen LogP contribution is -2.49. The Bertz CT molecular complexity index is 1700. The number of nitrogens with zero attached hydrogens (tertiary/aromatic N) is 1. The summed E-state index contributed by atoms with van der Waals surface area (Å²) in [5.41, 5.74) is -0.425. The number of carboxylic acids is 1. The maximum absolute atomic E-state index is 15.2. The van der Waals surface area contributed by atoms with E-state index in [1.54, 1.807) is 32.9 Å². The number of aromatic nitrogens is 1. The Balaban J connectivity index is 1.57. The molecule has 42 heavy (non-hydrogen) atoms. The van der Waals surface area contributed by atoms with Crippen molar-refractivity contribution < 1.29 is 31.9 Å². The second-order valence-corrected chi connectivity index (χ2v) is 11.9. The molecule has 0 bridgehead atoms. The summed E-state index contributed by atoms with van der Waals surface area (Å²) in [7, 11) is -3.13. The highest BCUT2D eigenvalue weighted by molar-refractivity contribution is 7.89. The largest absolute Gasteiger partial charge is 0.480 e. The van der Waals surface area contributed by atoms with E-state index >= 15 is 4.39 Å². The Morgan fingerprint density at radius 1 is 1.12 bits per heavy atom. The van der Waals surface area contributed by atoms with Crippen molar-refractivity contribution in [1.82, 2.24) is 30.6 Å². The minimum Gasteiger partial charge on any atom is -0.480 e. The van der Waals surface area contributed by atoms with Crippen molar-refractivity contribution in [3.8, 4) is 0 Å². The number of halogens is 2. The molecule has 0 radical (unpaired) electrons. The average molecular weight is 607 g/mol. The Labute approximate surface area is 240 Å². The summed E-state index contributed by atoms with van der Waals surface area (Å²) in [6.07, 6.45) is 0.624. The molecule has 1 amide bonds. The first-order valence-corrected chi connectivity index (χ1v) is 14.5. The molecule has 0 saturated carbocycles. The monoisotopic (exact) mass is 606 g/mol. The van der Waals surface area contributed by atoms with Gasteiger partial charge >= 0.3 is 5.97 Å². The van der Waals surface area contributed by atoms with Crippen LogP contribution in [0.5, 0.6) is 0 Å². The quantitative estimate of drug-likeness (QED) is 0.195. The smallest absolute Gasteiger partial charge is 0.323 e. The second-order valence-electron chi connectivity index (χ2n) is 10.3. The number of fused-ring (bicyclic) bond motifs is 1. The minimum absolute atomic E-state index is 0.0753. The molecule has 1 aliphatic heterocycles. The molecular weight excluding hydrogens is 574 g/mol. The van der Waals surface area contributed by atoms with E-state index in [4.69, 9.17) is 0 Å². The number of rotatable bonds is 10. The van der Waals surface area contributed by atoms with Gasteiger partial charge in [0.05, 0.1) is 15.8 Å². The zero-order chi connectivity index (χ0) is 30.9. The van der Waals surface area contributed by atoms with Crippen LogP contribution in [0.15, 0.2) is 34.1 Å². The Morgan fingerprint density at radius 3 is 2.33 bits per heavy atom. The lowest BCUT2D eigenvalue weighted by Gasteiger charge is -2.23. The molecule has 1 fully saturated rings. The van der Waals surface area contributed by atoms with Gasteiger partial charge in [0.1, 0.15) is 23.7 Å². The van der Waals surface area contributed by atoms with Gasteiger partial charge in [-0.25, -0.2) is 17.2 Å². The molecule has 15 heteroatoms. The molecule has 1 unspecified atom stereocenters. The fourth-order valence-corrected chi connectivity index (χ4v) is 6.71. The van der Waals surface area contributed by atoms with Crippen LogP contribution in [0.4, 0.5) is 8.78 Å². The highest BCUT2D eigenvalue weighted by Gasteiger charge is 2.31. The van der Waals surface area contributed by atoms with E-state index in [0.717, 1.165) is 22.7 Å². The third-order valence-electron chi connectivity index (χ3n) is 6.97. The van der Waals surface area contributed by atoms with E-state index in [2.05, 4.69) is 25.7 Å². The number of hydrogen-bond acceptors (Lipinski definition) is 8. The first kappa shape index (κ1) is 31.2. The van der Waals surface area contributed by atoms with Gasteiger partial charge in [0, 0.05) is 45.0 Å². The van der Waals surface area contributed by atoms with Crippen LogP contribution in [0.3, 0.4) is 0 Å². The van der Waals surface area contributed by atoms with Crippen molar-refractivity contribution >= 4 is 32.8 Å². The molecule has 2 aromatic carbocycles. The number of pyridine rings is 1. The maximum atomic E-state index is 15.2. The van der Waals surface area contributed by atoms with Gasteiger partial charge in [-0.2, -0.15) is 4.72 Å². The number of likely N-dealkylation sites (N-methyl/N-ethyl adjacent to an activating group) is 1. The predicted octanol–water partition coefficient (Wildman–Crippen LogP) is 0.801. The Morgan fingerprint density at radius 2 is 1.74 bits per heavy atom. The van der Waals surface area contributed by atoms with Crippen LogP contribution in [-0.4, -0.2) is 74.3 Å². The van der Waals surface area contributed by atoms with Crippen molar-refractivity contribution in [3.05, 3.63) is 74.1 Å². The number of sulfonamides is 1. The number of aromatic amines is 1. The van der Waals surface area contributed by atoms with Crippen molar-refractivity contribution in [2.24, 2.45) is 0 Å². The van der Waals surface area contributed by atoms with Gasteiger partial charge < -0.3 is 15.0 Å². The van der Waals surface area contributed by atoms with Crippen molar-refractivity contribution in [2.75, 3.05) is 26.7 Å². The molecule has 226 valence electrons. The number of aryl methyl sites for hydroxylation is 3. The number of carbonyl (C=O) groups is 2. The summed E-state index contributed by atoms with van der Waals surface area (Å²) in [5.74, 6) is -4.52. The van der Waals surface area contributed by atoms with Gasteiger partial charge in [0.15, 0.2) is 5.82 Å². The van der Waals surface area contributed by atoms with E-state index in [9.17, 15) is 32.3 Å². The minimum atomic E-state index is -4.31. The van der Waals surface area contributed by atoms with Crippen molar-refractivity contribution in [3.63, 3.8) is 0 Å². The van der Waals surface area contributed by atoms with Gasteiger partial charge in [0.25, 0.3) is 5.91 Å². The van der Waals surface area contributed by atoms with Crippen LogP contribution in [0, 0.1) is 32.4 Å². The number of hydrogen-bond donors (Lipinski definition) is 6. The molecule has 1 saturated heterocycles. The molecule has 0 aliphatic carbocycles. The first-order valence-electron chi connectivity index (χ1n) is 13.0. The summed E-state index contributed by atoms with van der Waals surface area (Å²) in [6.45, 7) is 5.50. The van der Waals surface area contributed by atoms with Gasteiger partial charge in [-0.05, 0) is 38.0 Å². The molecule has 0 spiro atoms. The van der Waals surface area contributed by atoms with Crippen molar-refractivity contribution in [2.45, 2.75) is 44.5 Å². The fourth-order valence-electron chi connectivity index (χ4n) is 5.07. The highest BCUT2D eigenvalue weighted by Crippen LogP contribution is 2.23. The maximum Gasteiger partial charge on any atom is 0.323 e. The Hall–Kier alpha value is -3.76. The van der Waals surface area contributed by atoms with Crippen LogP contribution in [0.1, 0.15) is 32.6 Å². The predicted molar refractivity (Wildman–Crippen MR) is 150 cm³/mol. The molecule has 12 nitrogen and oxygen atoms in total. The number of carbonyl (C=O) groups excluding carboxylic acids is 1. The normalized spacial score (nSPS) is 14.8. The lowest BCUT2D eigenvalue weighted by molar-refractivity contribution is -0.139. The second kappa shape index (κ2) is 12.2. The number of benzene rings is 2. The van der Waals surface area contributed by atoms with Gasteiger partial charge in [-0.1, -0.05) is 17.7 Å². The third kappa shape index (κ3) is 6.34. The Kier molecular flexibility index (Phi) is 9.08. The number of aliphatic carboxylic acids is 1. The number of amides is 1. The van der Waals surface area contributed by atoms with E-state index in [0.29, 0.717) is 24.2 Å². The zero-order valence-electron chi connectivity index (χ0n) is 23.4. The lowest BCUT2D eigenvalue weighted by atomic mass is 10.1. The highest BCUT2D eigenvalue weighted by atomic mass is 32.2. The molecule has 1 aliphatic rings. The summed E-state index contributed by atoms with van der Waals surface area (Å²) in [5, 5.41) is 18.3. The summed E-state index contributed by atoms with van der Waals surface area (Å²) in [6, 6.07) is 2.36. The van der Waals surface area contributed by atoms with Crippen molar-refractivity contribution in [1.29, 1.82) is 0 Å². The van der Waals surface area contributed by atoms with E-state index in [1.807, 2.05) is 0 Å². The zero-order valence-corrected chi connectivity index (χ0v) is 24.2. The molecule has 3 aromatic rings. The van der Waals surface area contributed by atoms with Gasteiger partial charge in [0.2, 0.25) is 15.5 Å². The topological polar surface area (TPSA) is 173 Å². The number of nitrogens with one attached hydrogen (secondary N) is 5. The molecular formula is C27H32F2N6O6S. The van der Waals surface area contributed by atoms with Gasteiger partial charge in [-0.3, -0.25) is 30.3 Å². The fraction of sp³-hybridized carbons (Fsp3) is 0.370. The van der Waals surface area contributed by atoms with Crippen LogP contribution >= 0.6 is 0 Å². The molecule has 1 aromatic heterocycles. The van der Waals surface area contributed by atoms with E-state index < -0.39 is 62.5 Å². The molecule has 4 rings (SSSR count). The van der Waals surface area contributed by atoms with Gasteiger partial charge in [-0.15, -0.1) is 0 Å². The molecule has 1 atom stereocenters. The van der Waals surface area contributed by atoms with E-state index in [1.165, 1.54) is 7.05 Å². The SMILES string of the molecule is Cc1cc(C)c(S(=O)(=O)NC(CN(C)C(=O)c2c[nH]c3c(F)c(CNC4NCCN4)c(F)cc3c2=O)C(=O)O)c(C)c1. The van der Waals surface area contributed by atoms with Crippen LogP contribution in [0.2, 0.25) is 0 Å². The summed E-state index contributed by atoms with van der Waals surface area (Å²) >= 11 is 0. The molecule has 2 heterocycles. The number of carboxylic acid groups (broad SMARTS) is 1. The van der Waals surface area contributed by atoms with E-state index in [-0.39, 0.29) is 28.8 Å². The standard InChI is InChI=1S/C27H32F2N6O6S/c1-13-7-14(2)24(15(3)8-13)42(40,41)34-20(26(38)39)12-35(4)25(37)18-11-32-22-16(23(18)36)9-19(28)17(21(22)29)10-33-27-30-5-6-31-27/h7-9,11,20,27,30-31,33-34H,5-6,10,12H2,1-4H3,(H,32,36)(H,38,39).